The van der Waals surface area contributed by atoms with Gasteiger partial charge in [0.15, 0.2) is 13.9 Å². The predicted molar refractivity (Wildman–Crippen MR) is 198 cm³/mol. The molecule has 0 unspecified atom stereocenters. The number of nitrogens with zero attached hydrogens (tertiary/aromatic N) is 4. The first-order valence-electron chi connectivity index (χ1n) is 17.3. The quantitative estimate of drug-likeness (QED) is 0.193. The van der Waals surface area contributed by atoms with Crippen molar-refractivity contribution in [1.29, 1.82) is 0 Å². The van der Waals surface area contributed by atoms with Crippen LogP contribution < -0.4 is 10.5 Å². The maximum Gasteiger partial charge on any atom is 0.279 e. The molecule has 0 saturated carbocycles. The van der Waals surface area contributed by atoms with Crippen LogP contribution in [0, 0.1) is 5.92 Å². The molecule has 1 saturated heterocycles. The summed E-state index contributed by atoms with van der Waals surface area (Å²) in [6, 6.07) is 31.9. The smallest absolute Gasteiger partial charge is 0.279 e. The molecule has 2 N–H and O–H groups in total. The van der Waals surface area contributed by atoms with Gasteiger partial charge in [0.2, 0.25) is 5.91 Å². The lowest BCUT2D eigenvalue weighted by atomic mass is 9.82. The normalized spacial score (nSPS) is 21.4. The number of carbonyl (C=O) groups is 2. The summed E-state index contributed by atoms with van der Waals surface area (Å²) < 4.78 is 8.24. The number of aromatic nitrogens is 2. The van der Waals surface area contributed by atoms with Crippen molar-refractivity contribution in [3.63, 3.8) is 0 Å². The molecule has 2 amide bonds. The summed E-state index contributed by atoms with van der Waals surface area (Å²) in [4.78, 5) is 56.8. The second-order valence-electron chi connectivity index (χ2n) is 14.1. The number of ether oxygens (including phenoxy) is 1. The third-order valence-corrected chi connectivity index (χ3v) is 12.9. The first kappa shape index (κ1) is 34.5. The number of hydrogen-bond donors (Lipinski definition) is 2. The number of hydrogen-bond acceptors (Lipinski definition) is 7. The number of para-hydroxylation sites is 1. The van der Waals surface area contributed by atoms with Crippen LogP contribution >= 0.6 is 0 Å². The summed E-state index contributed by atoms with van der Waals surface area (Å²) in [7, 11) is -3.00. The lowest BCUT2D eigenvalue weighted by Gasteiger charge is -2.32. The Hall–Kier alpha value is -4.94. The topological polar surface area (TPSA) is 125 Å². The van der Waals surface area contributed by atoms with Crippen molar-refractivity contribution < 1.29 is 24.2 Å². The Balaban J connectivity index is 1.17. The van der Waals surface area contributed by atoms with Gasteiger partial charge in [-0.2, -0.15) is 9.78 Å². The van der Waals surface area contributed by atoms with Crippen molar-refractivity contribution in [2.75, 3.05) is 18.1 Å². The van der Waals surface area contributed by atoms with Crippen LogP contribution in [0.3, 0.4) is 0 Å². The van der Waals surface area contributed by atoms with E-state index in [1.807, 2.05) is 117 Å². The number of fused-ring (bicyclic) bond motifs is 3. The van der Waals surface area contributed by atoms with Gasteiger partial charge < -0.3 is 24.4 Å². The Morgan fingerprint density at radius 1 is 0.922 bits per heavy atom. The molecule has 11 heteroatoms. The fourth-order valence-electron chi connectivity index (χ4n) is 8.11. The third kappa shape index (κ3) is 6.20. The zero-order valence-electron chi connectivity index (χ0n) is 29.0. The summed E-state index contributed by atoms with van der Waals surface area (Å²) in [5.74, 6) is -0.863. The van der Waals surface area contributed by atoms with Crippen LogP contribution in [0.4, 0.5) is 5.69 Å². The minimum atomic E-state index is -3.00. The standard InChI is InChI=1S/C40H42N4O6Si/c1-27-37(51(2,3)49)35(23-36(46)42(21-22-45)25-28-11-5-4-6-12-28)50-40(27)33-15-9-10-16-34(33)43(39(40)48)26-29-17-19-31(20-18-29)44-38(47)32-14-8-7-13-30(32)24-41-44/h4-20,24,27,35,37,45,49H,21-23,25-26H2,1-3H3/t27-,35+,37-,40+/m1/s1. The molecule has 51 heavy (non-hydrogen) atoms. The molecule has 2 aliphatic rings. The van der Waals surface area contributed by atoms with Crippen LogP contribution in [0.2, 0.25) is 18.6 Å². The first-order valence-corrected chi connectivity index (χ1v) is 20.4. The van der Waals surface area contributed by atoms with Gasteiger partial charge in [0.1, 0.15) is 0 Å². The molecular formula is C40H42N4O6Si. The highest BCUT2D eigenvalue weighted by Crippen LogP contribution is 2.59. The zero-order valence-corrected chi connectivity index (χ0v) is 30.0. The van der Waals surface area contributed by atoms with E-state index in [-0.39, 0.29) is 43.5 Å². The van der Waals surface area contributed by atoms with Crippen molar-refractivity contribution in [3.8, 4) is 5.69 Å². The van der Waals surface area contributed by atoms with E-state index >= 15 is 0 Å². The summed E-state index contributed by atoms with van der Waals surface area (Å²) in [5, 5.41) is 15.5. The Kier molecular flexibility index (Phi) is 9.23. The number of aliphatic hydroxyl groups excluding tert-OH is 1. The monoisotopic (exact) mass is 702 g/mol. The van der Waals surface area contributed by atoms with Gasteiger partial charge >= 0.3 is 0 Å². The van der Waals surface area contributed by atoms with E-state index in [4.69, 9.17) is 4.74 Å². The second kappa shape index (κ2) is 13.6. The molecule has 0 aliphatic carbocycles. The summed E-state index contributed by atoms with van der Waals surface area (Å²) >= 11 is 0. The minimum Gasteiger partial charge on any atom is -0.432 e. The van der Waals surface area contributed by atoms with Gasteiger partial charge in [-0.3, -0.25) is 14.4 Å². The molecule has 5 aromatic rings. The number of aliphatic hydroxyl groups is 1. The van der Waals surface area contributed by atoms with Crippen LogP contribution in [-0.4, -0.2) is 64.0 Å². The Labute approximate surface area is 297 Å². The Bertz CT molecular complexity index is 2130. The van der Waals surface area contributed by atoms with Crippen LogP contribution in [0.15, 0.2) is 114 Å². The van der Waals surface area contributed by atoms with Crippen LogP contribution in [-0.2, 0) is 33.0 Å². The van der Waals surface area contributed by atoms with Crippen molar-refractivity contribution in [2.24, 2.45) is 5.92 Å². The molecule has 0 bridgehead atoms. The van der Waals surface area contributed by atoms with E-state index in [0.717, 1.165) is 27.8 Å². The summed E-state index contributed by atoms with van der Waals surface area (Å²) in [5.41, 5.74) is 1.83. The van der Waals surface area contributed by atoms with E-state index in [1.54, 1.807) is 22.1 Å². The molecule has 4 atom stereocenters. The molecule has 3 heterocycles. The van der Waals surface area contributed by atoms with Gasteiger partial charge in [-0.05, 0) is 48.5 Å². The molecular weight excluding hydrogens is 661 g/mol. The van der Waals surface area contributed by atoms with Crippen LogP contribution in [0.25, 0.3) is 16.5 Å². The predicted octanol–water partition coefficient (Wildman–Crippen LogP) is 5.14. The van der Waals surface area contributed by atoms with Gasteiger partial charge in [-0.25, -0.2) is 0 Å². The van der Waals surface area contributed by atoms with E-state index in [1.165, 1.54) is 4.68 Å². The molecule has 262 valence electrons. The van der Waals surface area contributed by atoms with Gasteiger partial charge in [0.05, 0.1) is 48.6 Å². The first-order chi connectivity index (χ1) is 24.5. The molecule has 7 rings (SSSR count). The SMILES string of the molecule is C[C@@H]1[C@@H]([Si](C)(C)O)[C@H](CC(=O)N(CCO)Cc2ccccc2)O[C@@]12C(=O)N(Cc1ccc(-n3ncc4ccccc4c3=O)cc1)c1ccccc12. The molecule has 4 aromatic carbocycles. The zero-order chi connectivity index (χ0) is 35.9. The highest BCUT2D eigenvalue weighted by molar-refractivity contribution is 6.71. The van der Waals surface area contributed by atoms with Crippen LogP contribution in [0.1, 0.15) is 30.0 Å². The lowest BCUT2D eigenvalue weighted by molar-refractivity contribution is -0.150. The second-order valence-corrected chi connectivity index (χ2v) is 18.1. The average Bonchev–Trinajstić information content (AvgIpc) is 3.55. The van der Waals surface area contributed by atoms with E-state index in [9.17, 15) is 24.3 Å². The largest absolute Gasteiger partial charge is 0.432 e. The molecule has 10 nitrogen and oxygen atoms in total. The lowest BCUT2D eigenvalue weighted by Crippen LogP contribution is -2.46. The highest BCUT2D eigenvalue weighted by Gasteiger charge is 2.66. The molecule has 0 radical (unpaired) electrons. The number of amides is 2. The number of benzene rings is 4. The van der Waals surface area contributed by atoms with Crippen molar-refractivity contribution >= 4 is 36.6 Å². The highest BCUT2D eigenvalue weighted by atomic mass is 28.4. The summed E-state index contributed by atoms with van der Waals surface area (Å²) in [6.07, 6.45) is 0.935. The maximum absolute atomic E-state index is 14.8. The molecule has 2 aliphatic heterocycles. The van der Waals surface area contributed by atoms with Gasteiger partial charge in [-0.15, -0.1) is 0 Å². The van der Waals surface area contributed by atoms with Crippen molar-refractivity contribution in [3.05, 3.63) is 136 Å². The van der Waals surface area contributed by atoms with Crippen molar-refractivity contribution in [2.45, 2.75) is 56.8 Å². The molecule has 1 aromatic heterocycles. The fourth-order valence-corrected chi connectivity index (χ4v) is 10.7. The summed E-state index contributed by atoms with van der Waals surface area (Å²) in [6.45, 7) is 6.18. The van der Waals surface area contributed by atoms with Gasteiger partial charge in [0, 0.05) is 35.5 Å². The van der Waals surface area contributed by atoms with E-state index < -0.39 is 31.5 Å². The third-order valence-electron chi connectivity index (χ3n) is 10.4. The van der Waals surface area contributed by atoms with E-state index in [2.05, 4.69) is 5.10 Å². The average molecular weight is 703 g/mol. The van der Waals surface area contributed by atoms with Gasteiger partial charge in [-0.1, -0.05) is 85.8 Å². The minimum absolute atomic E-state index is 0.0281. The Morgan fingerprint density at radius 3 is 2.33 bits per heavy atom. The maximum atomic E-state index is 14.8. The van der Waals surface area contributed by atoms with Crippen molar-refractivity contribution in [1.82, 2.24) is 14.7 Å². The molecule has 1 fully saturated rings. The van der Waals surface area contributed by atoms with Gasteiger partial charge in [0.25, 0.3) is 11.5 Å². The van der Waals surface area contributed by atoms with Crippen LogP contribution in [0.5, 0.6) is 0 Å². The fraction of sp³-hybridized carbons (Fsp3) is 0.300. The number of anilines is 1. The number of rotatable bonds is 10. The molecule has 1 spiro atoms. The van der Waals surface area contributed by atoms with E-state index in [0.29, 0.717) is 17.6 Å². The Morgan fingerprint density at radius 2 is 1.61 bits per heavy atom. The number of carbonyl (C=O) groups excluding carboxylic acids is 2.